The van der Waals surface area contributed by atoms with E-state index in [1.807, 2.05) is 6.92 Å². The van der Waals surface area contributed by atoms with Crippen LogP contribution in [0.15, 0.2) is 22.7 Å². The number of rotatable bonds is 3. The Morgan fingerprint density at radius 3 is 2.59 bits per heavy atom. The van der Waals surface area contributed by atoms with Gasteiger partial charge in [0.2, 0.25) is 0 Å². The Hall–Kier alpha value is -1.28. The van der Waals surface area contributed by atoms with Crippen molar-refractivity contribution in [3.8, 4) is 0 Å². The molecule has 2 N–H and O–H groups in total. The monoisotopic (exact) mass is 322 g/mol. The number of carbonyl (C=O) groups is 1. The predicted octanol–water partition coefficient (Wildman–Crippen LogP) is 1.77. The molecule has 1 amide bonds. The van der Waals surface area contributed by atoms with Gasteiger partial charge in [-0.15, -0.1) is 0 Å². The van der Waals surface area contributed by atoms with Crippen molar-refractivity contribution in [1.82, 2.24) is 4.72 Å². The maximum atomic E-state index is 11.4. The van der Waals surface area contributed by atoms with Crippen LogP contribution in [0.1, 0.15) is 5.56 Å². The quantitative estimate of drug-likeness (QED) is 0.888. The molecule has 17 heavy (non-hydrogen) atoms. The fourth-order valence-electron chi connectivity index (χ4n) is 0.988. The Kier molecular flexibility index (Phi) is 4.35. The number of nitrogens with one attached hydrogen (secondary N) is 2. The zero-order chi connectivity index (χ0) is 13.1. The number of hydrogen-bond donors (Lipinski definition) is 2. The molecule has 0 radical (unpaired) electrons. The van der Waals surface area contributed by atoms with E-state index in [0.29, 0.717) is 5.69 Å². The van der Waals surface area contributed by atoms with E-state index in [-0.39, 0.29) is 0 Å². The van der Waals surface area contributed by atoms with Crippen molar-refractivity contribution in [2.45, 2.75) is 6.92 Å². The van der Waals surface area contributed by atoms with Crippen LogP contribution < -0.4 is 9.44 Å². The lowest BCUT2D eigenvalue weighted by Gasteiger charge is -2.09. The van der Waals surface area contributed by atoms with Crippen LogP contribution in [-0.2, 0) is 14.9 Å². The number of amides is 1. The first-order valence-electron chi connectivity index (χ1n) is 4.49. The van der Waals surface area contributed by atoms with E-state index in [0.717, 1.165) is 17.1 Å². The molecule has 1 aromatic rings. The second-order valence-corrected chi connectivity index (χ2v) is 5.43. The SMILES string of the molecule is COC(=O)NS(=O)(=O)Nc1ccc(C)c(Br)c1. The summed E-state index contributed by atoms with van der Waals surface area (Å²) >= 11 is 3.27. The molecule has 0 aromatic heterocycles. The number of anilines is 1. The summed E-state index contributed by atoms with van der Waals surface area (Å²) in [5, 5.41) is 0. The van der Waals surface area contributed by atoms with Crippen molar-refractivity contribution in [3.05, 3.63) is 28.2 Å². The number of methoxy groups -OCH3 is 1. The van der Waals surface area contributed by atoms with Gasteiger partial charge < -0.3 is 4.74 Å². The Morgan fingerprint density at radius 1 is 1.41 bits per heavy atom. The van der Waals surface area contributed by atoms with E-state index >= 15 is 0 Å². The number of aryl methyl sites for hydroxylation is 1. The van der Waals surface area contributed by atoms with Gasteiger partial charge in [0.15, 0.2) is 0 Å². The van der Waals surface area contributed by atoms with Gasteiger partial charge in [0, 0.05) is 4.47 Å². The lowest BCUT2D eigenvalue weighted by Crippen LogP contribution is -2.35. The van der Waals surface area contributed by atoms with Crippen LogP contribution >= 0.6 is 15.9 Å². The average Bonchev–Trinajstić information content (AvgIpc) is 2.22. The summed E-state index contributed by atoms with van der Waals surface area (Å²) in [5.41, 5.74) is 1.30. The molecular weight excluding hydrogens is 312 g/mol. The normalized spacial score (nSPS) is 10.8. The van der Waals surface area contributed by atoms with Crippen LogP contribution in [0.25, 0.3) is 0 Å². The molecule has 0 bridgehead atoms. The van der Waals surface area contributed by atoms with Gasteiger partial charge in [-0.2, -0.15) is 8.42 Å². The van der Waals surface area contributed by atoms with E-state index in [4.69, 9.17) is 0 Å². The lowest BCUT2D eigenvalue weighted by molar-refractivity contribution is 0.177. The molecule has 0 spiro atoms. The Balaban J connectivity index is 2.83. The fraction of sp³-hybridized carbons (Fsp3) is 0.222. The maximum Gasteiger partial charge on any atom is 0.422 e. The van der Waals surface area contributed by atoms with Crippen LogP contribution in [0.4, 0.5) is 10.5 Å². The van der Waals surface area contributed by atoms with Gasteiger partial charge >= 0.3 is 16.3 Å². The number of ether oxygens (including phenoxy) is 1. The third kappa shape index (κ3) is 4.23. The first-order chi connectivity index (χ1) is 7.84. The number of halogens is 1. The van der Waals surface area contributed by atoms with Crippen LogP contribution in [0.5, 0.6) is 0 Å². The molecule has 0 aliphatic carbocycles. The molecule has 0 saturated carbocycles. The van der Waals surface area contributed by atoms with Crippen LogP contribution in [0, 0.1) is 6.92 Å². The average molecular weight is 323 g/mol. The van der Waals surface area contributed by atoms with Crippen LogP contribution in [0.3, 0.4) is 0 Å². The molecule has 0 saturated heterocycles. The number of carbonyl (C=O) groups excluding carboxylic acids is 1. The third-order valence-corrected chi connectivity index (χ3v) is 3.62. The minimum Gasteiger partial charge on any atom is -0.452 e. The molecule has 0 unspecified atom stereocenters. The zero-order valence-electron chi connectivity index (χ0n) is 9.15. The van der Waals surface area contributed by atoms with Gasteiger partial charge in [0.1, 0.15) is 0 Å². The third-order valence-electron chi connectivity index (χ3n) is 1.83. The first-order valence-corrected chi connectivity index (χ1v) is 6.76. The highest BCUT2D eigenvalue weighted by atomic mass is 79.9. The molecule has 6 nitrogen and oxygen atoms in total. The van der Waals surface area contributed by atoms with Crippen molar-refractivity contribution in [2.24, 2.45) is 0 Å². The minimum atomic E-state index is -3.97. The summed E-state index contributed by atoms with van der Waals surface area (Å²) in [5.74, 6) is 0. The summed E-state index contributed by atoms with van der Waals surface area (Å²) in [6, 6.07) is 4.91. The molecule has 1 aromatic carbocycles. The van der Waals surface area contributed by atoms with Crippen molar-refractivity contribution in [3.63, 3.8) is 0 Å². The summed E-state index contributed by atoms with van der Waals surface area (Å²) in [6.45, 7) is 1.87. The van der Waals surface area contributed by atoms with Crippen LogP contribution in [0.2, 0.25) is 0 Å². The molecule has 94 valence electrons. The van der Waals surface area contributed by atoms with Crippen molar-refractivity contribution < 1.29 is 17.9 Å². The molecule has 0 heterocycles. The Morgan fingerprint density at radius 2 is 2.06 bits per heavy atom. The number of benzene rings is 1. The summed E-state index contributed by atoms with van der Waals surface area (Å²) in [4.78, 5) is 10.8. The maximum absolute atomic E-state index is 11.4. The highest BCUT2D eigenvalue weighted by Crippen LogP contribution is 2.21. The standard InChI is InChI=1S/C9H11BrN2O4S/c1-6-3-4-7(5-8(6)10)11-17(14,15)12-9(13)16-2/h3-5,11H,1-2H3,(H,12,13). The Bertz CT molecular complexity index is 530. The second kappa shape index (κ2) is 5.37. The minimum absolute atomic E-state index is 0.332. The predicted molar refractivity (Wildman–Crippen MR) is 67.0 cm³/mol. The lowest BCUT2D eigenvalue weighted by atomic mass is 10.2. The van der Waals surface area contributed by atoms with Crippen molar-refractivity contribution in [1.29, 1.82) is 0 Å². The van der Waals surface area contributed by atoms with E-state index < -0.39 is 16.3 Å². The zero-order valence-corrected chi connectivity index (χ0v) is 11.6. The topological polar surface area (TPSA) is 84.5 Å². The van der Waals surface area contributed by atoms with Gasteiger partial charge in [-0.05, 0) is 24.6 Å². The molecule has 0 fully saturated rings. The summed E-state index contributed by atoms with van der Waals surface area (Å²) in [6.07, 6.45) is -1.05. The number of hydrogen-bond acceptors (Lipinski definition) is 4. The van der Waals surface area contributed by atoms with Crippen LogP contribution in [-0.4, -0.2) is 21.6 Å². The Labute approximate surface area is 108 Å². The summed E-state index contributed by atoms with van der Waals surface area (Å²) < 4.78 is 31.7. The molecule has 1 rings (SSSR count). The fourth-order valence-corrected chi connectivity index (χ4v) is 2.16. The molecule has 0 atom stereocenters. The van der Waals surface area contributed by atoms with Crippen molar-refractivity contribution in [2.75, 3.05) is 11.8 Å². The van der Waals surface area contributed by atoms with Crippen molar-refractivity contribution >= 4 is 37.9 Å². The smallest absolute Gasteiger partial charge is 0.422 e. The van der Waals surface area contributed by atoms with Gasteiger partial charge in [-0.25, -0.2) is 9.52 Å². The highest BCUT2D eigenvalue weighted by Gasteiger charge is 2.14. The molecule has 8 heteroatoms. The van der Waals surface area contributed by atoms with E-state index in [1.165, 1.54) is 0 Å². The van der Waals surface area contributed by atoms with E-state index in [9.17, 15) is 13.2 Å². The summed E-state index contributed by atoms with van der Waals surface area (Å²) in [7, 11) is -2.89. The highest BCUT2D eigenvalue weighted by molar-refractivity contribution is 9.10. The second-order valence-electron chi connectivity index (χ2n) is 3.16. The molecule has 0 aliphatic heterocycles. The van der Waals surface area contributed by atoms with Gasteiger partial charge in [0.05, 0.1) is 12.8 Å². The van der Waals surface area contributed by atoms with Gasteiger partial charge in [0.25, 0.3) is 0 Å². The van der Waals surface area contributed by atoms with E-state index in [1.54, 1.807) is 22.9 Å². The van der Waals surface area contributed by atoms with Gasteiger partial charge in [-0.3, -0.25) is 4.72 Å². The largest absolute Gasteiger partial charge is 0.452 e. The molecule has 0 aliphatic rings. The van der Waals surface area contributed by atoms with E-state index in [2.05, 4.69) is 25.4 Å². The first kappa shape index (κ1) is 13.8. The van der Waals surface area contributed by atoms with Gasteiger partial charge in [-0.1, -0.05) is 22.0 Å². The molecular formula is C9H11BrN2O4S.